The molecule has 0 unspecified atom stereocenters. The fourth-order valence-corrected chi connectivity index (χ4v) is 1.81. The van der Waals surface area contributed by atoms with Crippen LogP contribution in [0, 0.1) is 0 Å². The predicted octanol–water partition coefficient (Wildman–Crippen LogP) is 2.09. The summed E-state index contributed by atoms with van der Waals surface area (Å²) in [7, 11) is 0. The number of hydrogen-bond donors (Lipinski definition) is 1. The summed E-state index contributed by atoms with van der Waals surface area (Å²) in [5.74, 6) is 0.199. The van der Waals surface area contributed by atoms with Gasteiger partial charge in [0.1, 0.15) is 5.82 Å². The van der Waals surface area contributed by atoms with E-state index in [4.69, 9.17) is 4.74 Å². The van der Waals surface area contributed by atoms with Gasteiger partial charge in [-0.2, -0.15) is 0 Å². The molecule has 0 amide bonds. The van der Waals surface area contributed by atoms with Gasteiger partial charge in [-0.25, -0.2) is 14.8 Å². The third-order valence-corrected chi connectivity index (χ3v) is 2.78. The molecule has 2 heterocycles. The quantitative estimate of drug-likeness (QED) is 0.620. The Labute approximate surface area is 123 Å². The first-order valence-electron chi connectivity index (χ1n) is 6.92. The number of nitrogens with one attached hydrogen (secondary N) is 1. The highest BCUT2D eigenvalue weighted by molar-refractivity contribution is 5.85. The van der Waals surface area contributed by atoms with E-state index in [9.17, 15) is 4.79 Å². The van der Waals surface area contributed by atoms with E-state index >= 15 is 0 Å². The summed E-state index contributed by atoms with van der Waals surface area (Å²) in [6.07, 6.45) is 7.06. The monoisotopic (exact) mass is 286 g/mol. The molecule has 0 fully saturated rings. The molecule has 1 N–H and O–H groups in total. The molecule has 0 saturated carbocycles. The van der Waals surface area contributed by atoms with Gasteiger partial charge in [-0.05, 0) is 37.5 Å². The molecular formula is C15H18N4O2. The third kappa shape index (κ3) is 4.83. The van der Waals surface area contributed by atoms with Gasteiger partial charge in [0.05, 0.1) is 6.61 Å². The summed E-state index contributed by atoms with van der Waals surface area (Å²) in [6.45, 7) is 2.82. The molecule has 6 nitrogen and oxygen atoms in total. The molecule has 0 saturated heterocycles. The molecular weight excluding hydrogens is 268 g/mol. The lowest BCUT2D eigenvalue weighted by Crippen LogP contribution is -2.12. The van der Waals surface area contributed by atoms with Crippen LogP contribution in [0.5, 0.6) is 0 Å². The van der Waals surface area contributed by atoms with Gasteiger partial charge in [0.15, 0.2) is 0 Å². The van der Waals surface area contributed by atoms with Crippen molar-refractivity contribution in [2.75, 3.05) is 18.5 Å². The smallest absolute Gasteiger partial charge is 0.376 e. The summed E-state index contributed by atoms with van der Waals surface area (Å²) in [6, 6.07) is 5.71. The number of anilines is 1. The van der Waals surface area contributed by atoms with Crippen molar-refractivity contribution in [1.29, 1.82) is 0 Å². The Balaban J connectivity index is 1.80. The highest BCUT2D eigenvalue weighted by Crippen LogP contribution is 2.05. The lowest BCUT2D eigenvalue weighted by molar-refractivity contribution is 0.0512. The maximum absolute atomic E-state index is 11.5. The van der Waals surface area contributed by atoms with Crippen molar-refractivity contribution >= 4 is 11.8 Å². The molecule has 21 heavy (non-hydrogen) atoms. The number of esters is 1. The molecule has 0 aliphatic rings. The van der Waals surface area contributed by atoms with Crippen LogP contribution in [-0.2, 0) is 11.2 Å². The normalized spacial score (nSPS) is 10.1. The summed E-state index contributed by atoms with van der Waals surface area (Å²) < 4.78 is 4.87. The minimum absolute atomic E-state index is 0.0779. The lowest BCUT2D eigenvalue weighted by Gasteiger charge is -2.06. The van der Waals surface area contributed by atoms with E-state index in [2.05, 4.69) is 26.3 Å². The summed E-state index contributed by atoms with van der Waals surface area (Å²) in [5.41, 5.74) is 1.20. The van der Waals surface area contributed by atoms with Gasteiger partial charge in [0.2, 0.25) is 5.82 Å². The Bertz CT molecular complexity index is 575. The Morgan fingerprint density at radius 1 is 1.33 bits per heavy atom. The second kappa shape index (κ2) is 7.94. The zero-order valence-corrected chi connectivity index (χ0v) is 12.0. The molecule has 0 aromatic carbocycles. The van der Waals surface area contributed by atoms with E-state index < -0.39 is 5.97 Å². The molecule has 2 aromatic rings. The lowest BCUT2D eigenvalue weighted by atomic mass is 10.1. The molecule has 0 spiro atoms. The average Bonchev–Trinajstić information content (AvgIpc) is 2.53. The van der Waals surface area contributed by atoms with Gasteiger partial charge in [-0.1, -0.05) is 6.07 Å². The van der Waals surface area contributed by atoms with Gasteiger partial charge in [0.25, 0.3) is 0 Å². The zero-order valence-electron chi connectivity index (χ0n) is 12.0. The van der Waals surface area contributed by atoms with Crippen LogP contribution in [0.3, 0.4) is 0 Å². The molecule has 2 aromatic heterocycles. The molecule has 0 aliphatic heterocycles. The first-order valence-corrected chi connectivity index (χ1v) is 6.92. The zero-order chi connectivity index (χ0) is 14.9. The van der Waals surface area contributed by atoms with Crippen LogP contribution < -0.4 is 5.32 Å². The minimum atomic E-state index is -0.503. The van der Waals surface area contributed by atoms with Gasteiger partial charge in [-0.15, -0.1) is 0 Å². The standard InChI is InChI=1S/C15H18N4O2/c1-2-21-15(20)14-18-10-7-13(19-14)17-9-4-6-12-5-3-8-16-11-12/h3,5,7-8,10-11H,2,4,6,9H2,1H3,(H,17,18,19). The largest absolute Gasteiger partial charge is 0.460 e. The number of hydrogen-bond acceptors (Lipinski definition) is 6. The molecule has 0 atom stereocenters. The van der Waals surface area contributed by atoms with E-state index in [0.717, 1.165) is 19.4 Å². The maximum atomic E-state index is 11.5. The summed E-state index contributed by atoms with van der Waals surface area (Å²) in [5, 5.41) is 3.17. The van der Waals surface area contributed by atoms with Crippen LogP contribution in [0.2, 0.25) is 0 Å². The fourth-order valence-electron chi connectivity index (χ4n) is 1.81. The minimum Gasteiger partial charge on any atom is -0.460 e. The second-order valence-electron chi connectivity index (χ2n) is 4.38. The van der Waals surface area contributed by atoms with Gasteiger partial charge >= 0.3 is 5.97 Å². The average molecular weight is 286 g/mol. The molecule has 0 aliphatic carbocycles. The van der Waals surface area contributed by atoms with Gasteiger partial charge < -0.3 is 10.1 Å². The summed E-state index contributed by atoms with van der Waals surface area (Å²) in [4.78, 5) is 23.6. The Kier molecular flexibility index (Phi) is 5.63. The number of pyridine rings is 1. The van der Waals surface area contributed by atoms with Crippen molar-refractivity contribution in [2.24, 2.45) is 0 Å². The Morgan fingerprint density at radius 2 is 2.24 bits per heavy atom. The van der Waals surface area contributed by atoms with Gasteiger partial charge in [0, 0.05) is 25.1 Å². The van der Waals surface area contributed by atoms with Crippen molar-refractivity contribution in [1.82, 2.24) is 15.0 Å². The number of nitrogens with zero attached hydrogens (tertiary/aromatic N) is 3. The van der Waals surface area contributed by atoms with Crippen molar-refractivity contribution in [3.63, 3.8) is 0 Å². The first kappa shape index (κ1) is 14.9. The highest BCUT2D eigenvalue weighted by atomic mass is 16.5. The van der Waals surface area contributed by atoms with Gasteiger partial charge in [-0.3, -0.25) is 4.98 Å². The van der Waals surface area contributed by atoms with E-state index in [0.29, 0.717) is 12.4 Å². The molecule has 0 bridgehead atoms. The SMILES string of the molecule is CCOC(=O)c1nccc(NCCCc2cccnc2)n1. The van der Waals surface area contributed by atoms with Crippen LogP contribution in [0.4, 0.5) is 5.82 Å². The third-order valence-electron chi connectivity index (χ3n) is 2.78. The van der Waals surface area contributed by atoms with Crippen molar-refractivity contribution in [3.05, 3.63) is 48.2 Å². The van der Waals surface area contributed by atoms with Crippen molar-refractivity contribution < 1.29 is 9.53 Å². The number of carbonyl (C=O) groups excluding carboxylic acids is 1. The van der Waals surface area contributed by atoms with Crippen LogP contribution in [0.15, 0.2) is 36.8 Å². The van der Waals surface area contributed by atoms with E-state index in [-0.39, 0.29) is 5.82 Å². The second-order valence-corrected chi connectivity index (χ2v) is 4.38. The van der Waals surface area contributed by atoms with Crippen LogP contribution in [0.25, 0.3) is 0 Å². The van der Waals surface area contributed by atoms with Crippen LogP contribution in [-0.4, -0.2) is 34.1 Å². The number of ether oxygens (including phenoxy) is 1. The summed E-state index contributed by atoms with van der Waals surface area (Å²) >= 11 is 0. The number of aromatic nitrogens is 3. The van der Waals surface area contributed by atoms with E-state index in [1.54, 1.807) is 25.4 Å². The molecule has 0 radical (unpaired) electrons. The van der Waals surface area contributed by atoms with Crippen LogP contribution >= 0.6 is 0 Å². The molecule has 110 valence electrons. The topological polar surface area (TPSA) is 77.0 Å². The van der Waals surface area contributed by atoms with Crippen molar-refractivity contribution in [2.45, 2.75) is 19.8 Å². The molecule has 2 rings (SSSR count). The number of carbonyl (C=O) groups is 1. The molecule has 6 heteroatoms. The predicted molar refractivity (Wildman–Crippen MR) is 79.0 cm³/mol. The van der Waals surface area contributed by atoms with E-state index in [1.165, 1.54) is 5.56 Å². The Hall–Kier alpha value is -2.50. The first-order chi connectivity index (χ1) is 10.3. The Morgan fingerprint density at radius 3 is 3.00 bits per heavy atom. The van der Waals surface area contributed by atoms with Crippen molar-refractivity contribution in [3.8, 4) is 0 Å². The number of aryl methyl sites for hydroxylation is 1. The highest BCUT2D eigenvalue weighted by Gasteiger charge is 2.10. The number of rotatable bonds is 7. The maximum Gasteiger partial charge on any atom is 0.376 e. The van der Waals surface area contributed by atoms with E-state index in [1.807, 2.05) is 12.3 Å². The van der Waals surface area contributed by atoms with Crippen LogP contribution in [0.1, 0.15) is 29.5 Å². The fraction of sp³-hybridized carbons (Fsp3) is 0.333.